The van der Waals surface area contributed by atoms with Gasteiger partial charge in [0.15, 0.2) is 11.6 Å². The third-order valence-corrected chi connectivity index (χ3v) is 5.73. The molecule has 166 valence electrons. The van der Waals surface area contributed by atoms with Crippen LogP contribution in [0.1, 0.15) is 35.3 Å². The molecule has 1 aliphatic rings. The lowest BCUT2D eigenvalue weighted by Crippen LogP contribution is -2.41. The minimum absolute atomic E-state index is 0.143. The van der Waals surface area contributed by atoms with Crippen LogP contribution in [0.3, 0.4) is 0 Å². The van der Waals surface area contributed by atoms with Crippen LogP contribution in [0.5, 0.6) is 0 Å². The van der Waals surface area contributed by atoms with Gasteiger partial charge in [0.25, 0.3) is 5.91 Å². The van der Waals surface area contributed by atoms with Gasteiger partial charge in [-0.3, -0.25) is 14.5 Å². The molecule has 0 bridgehead atoms. The van der Waals surface area contributed by atoms with Crippen LogP contribution in [0.25, 0.3) is 0 Å². The zero-order valence-corrected chi connectivity index (χ0v) is 17.7. The molecular weight excluding hydrogens is 407 g/mol. The SMILES string of the molecule is CC(c1ccc(F)c(F)c1)N(C)C(=O)CN1CCCN(C(=O)c2ccc(F)cc2)CC1. The molecule has 0 N–H and O–H groups in total. The van der Waals surface area contributed by atoms with Crippen molar-refractivity contribution >= 4 is 11.8 Å². The fourth-order valence-corrected chi connectivity index (χ4v) is 3.62. The molecule has 5 nitrogen and oxygen atoms in total. The molecule has 1 saturated heterocycles. The lowest BCUT2D eigenvalue weighted by Gasteiger charge is -2.28. The number of benzene rings is 2. The molecule has 1 unspecified atom stereocenters. The minimum Gasteiger partial charge on any atom is -0.338 e. The van der Waals surface area contributed by atoms with E-state index < -0.39 is 17.7 Å². The fraction of sp³-hybridized carbons (Fsp3) is 0.391. The van der Waals surface area contributed by atoms with Gasteiger partial charge in [0, 0.05) is 38.8 Å². The predicted molar refractivity (Wildman–Crippen MR) is 111 cm³/mol. The van der Waals surface area contributed by atoms with E-state index in [0.29, 0.717) is 43.7 Å². The molecule has 0 aromatic heterocycles. The topological polar surface area (TPSA) is 43.9 Å². The van der Waals surface area contributed by atoms with Crippen LogP contribution in [0, 0.1) is 17.5 Å². The maximum absolute atomic E-state index is 13.5. The summed E-state index contributed by atoms with van der Waals surface area (Å²) < 4.78 is 39.8. The Hall–Kier alpha value is -2.87. The van der Waals surface area contributed by atoms with E-state index in [1.54, 1.807) is 18.9 Å². The van der Waals surface area contributed by atoms with Crippen molar-refractivity contribution < 1.29 is 22.8 Å². The van der Waals surface area contributed by atoms with E-state index in [-0.39, 0.29) is 24.2 Å². The van der Waals surface area contributed by atoms with Gasteiger partial charge in [-0.1, -0.05) is 6.07 Å². The van der Waals surface area contributed by atoms with Crippen LogP contribution < -0.4 is 0 Å². The molecule has 31 heavy (non-hydrogen) atoms. The number of carbonyl (C=O) groups is 2. The highest BCUT2D eigenvalue weighted by Crippen LogP contribution is 2.21. The first-order valence-corrected chi connectivity index (χ1v) is 10.2. The summed E-state index contributed by atoms with van der Waals surface area (Å²) in [5.41, 5.74) is 0.952. The average molecular weight is 433 g/mol. The van der Waals surface area contributed by atoms with Crippen molar-refractivity contribution in [1.29, 1.82) is 0 Å². The largest absolute Gasteiger partial charge is 0.338 e. The van der Waals surface area contributed by atoms with Crippen LogP contribution in [-0.2, 0) is 4.79 Å². The van der Waals surface area contributed by atoms with Gasteiger partial charge >= 0.3 is 0 Å². The molecule has 0 spiro atoms. The summed E-state index contributed by atoms with van der Waals surface area (Å²) in [5, 5.41) is 0. The van der Waals surface area contributed by atoms with E-state index in [0.717, 1.165) is 12.1 Å². The summed E-state index contributed by atoms with van der Waals surface area (Å²) in [6.07, 6.45) is 0.711. The van der Waals surface area contributed by atoms with E-state index in [4.69, 9.17) is 0 Å². The van der Waals surface area contributed by atoms with Crippen LogP contribution >= 0.6 is 0 Å². The number of hydrogen-bond acceptors (Lipinski definition) is 3. The van der Waals surface area contributed by atoms with Gasteiger partial charge < -0.3 is 9.80 Å². The maximum Gasteiger partial charge on any atom is 0.253 e. The van der Waals surface area contributed by atoms with Gasteiger partial charge in [-0.25, -0.2) is 13.2 Å². The number of nitrogens with zero attached hydrogens (tertiary/aromatic N) is 3. The van der Waals surface area contributed by atoms with Crippen molar-refractivity contribution in [2.24, 2.45) is 0 Å². The minimum atomic E-state index is -0.941. The fourth-order valence-electron chi connectivity index (χ4n) is 3.62. The highest BCUT2D eigenvalue weighted by molar-refractivity contribution is 5.94. The Kier molecular flexibility index (Phi) is 7.33. The predicted octanol–water partition coefficient (Wildman–Crippen LogP) is 3.47. The highest BCUT2D eigenvalue weighted by atomic mass is 19.2. The second-order valence-electron chi connectivity index (χ2n) is 7.78. The molecule has 0 saturated carbocycles. The molecule has 2 aromatic carbocycles. The van der Waals surface area contributed by atoms with Gasteiger partial charge in [-0.15, -0.1) is 0 Å². The summed E-state index contributed by atoms with van der Waals surface area (Å²) >= 11 is 0. The van der Waals surface area contributed by atoms with E-state index in [1.165, 1.54) is 35.2 Å². The van der Waals surface area contributed by atoms with E-state index in [1.807, 2.05) is 4.90 Å². The van der Waals surface area contributed by atoms with E-state index in [2.05, 4.69) is 0 Å². The quantitative estimate of drug-likeness (QED) is 0.725. The lowest BCUT2D eigenvalue weighted by molar-refractivity contribution is -0.133. The molecular formula is C23H26F3N3O2. The van der Waals surface area contributed by atoms with E-state index >= 15 is 0 Å². The Bertz CT molecular complexity index is 936. The zero-order valence-electron chi connectivity index (χ0n) is 17.7. The Balaban J connectivity index is 1.56. The molecule has 0 radical (unpaired) electrons. The number of carbonyl (C=O) groups excluding carboxylic acids is 2. The van der Waals surface area contributed by atoms with E-state index in [9.17, 15) is 22.8 Å². The van der Waals surface area contributed by atoms with Gasteiger partial charge in [-0.2, -0.15) is 0 Å². The molecule has 3 rings (SSSR count). The van der Waals surface area contributed by atoms with Gasteiger partial charge in [0.05, 0.1) is 12.6 Å². The molecule has 0 aliphatic carbocycles. The number of amides is 2. The van der Waals surface area contributed by atoms with Crippen molar-refractivity contribution in [3.05, 3.63) is 71.0 Å². The third kappa shape index (κ3) is 5.64. The Morgan fingerprint density at radius 3 is 2.35 bits per heavy atom. The Morgan fingerprint density at radius 1 is 0.968 bits per heavy atom. The molecule has 1 aliphatic heterocycles. The summed E-state index contributed by atoms with van der Waals surface area (Å²) in [6.45, 7) is 4.14. The first-order valence-electron chi connectivity index (χ1n) is 10.2. The number of halogens is 3. The molecule has 2 aromatic rings. The molecule has 1 heterocycles. The van der Waals surface area contributed by atoms with Crippen molar-refractivity contribution in [2.45, 2.75) is 19.4 Å². The number of rotatable bonds is 5. The second-order valence-corrected chi connectivity index (χ2v) is 7.78. The van der Waals surface area contributed by atoms with Crippen LogP contribution in [0.2, 0.25) is 0 Å². The number of hydrogen-bond donors (Lipinski definition) is 0. The van der Waals surface area contributed by atoms with Gasteiger partial charge in [-0.05, 0) is 55.3 Å². The maximum atomic E-state index is 13.5. The average Bonchev–Trinajstić information content (AvgIpc) is 3.00. The van der Waals surface area contributed by atoms with Gasteiger partial charge in [0.2, 0.25) is 5.91 Å². The summed E-state index contributed by atoms with van der Waals surface area (Å²) in [6, 6.07) is 8.69. The highest BCUT2D eigenvalue weighted by Gasteiger charge is 2.24. The molecule has 1 atom stereocenters. The standard InChI is InChI=1S/C23H26F3N3O2/c1-16(18-6-9-20(25)21(26)14-18)27(2)22(30)15-28-10-3-11-29(13-12-28)23(31)17-4-7-19(24)8-5-17/h4-9,14,16H,3,10-13,15H2,1-2H3. The van der Waals surface area contributed by atoms with Crippen LogP contribution in [-0.4, -0.2) is 66.3 Å². The monoisotopic (exact) mass is 433 g/mol. The Labute approximate surface area is 180 Å². The molecule has 1 fully saturated rings. The lowest BCUT2D eigenvalue weighted by atomic mass is 10.1. The summed E-state index contributed by atoms with van der Waals surface area (Å²) in [7, 11) is 1.64. The van der Waals surface area contributed by atoms with Crippen molar-refractivity contribution in [3.63, 3.8) is 0 Å². The summed E-state index contributed by atoms with van der Waals surface area (Å²) in [5.74, 6) is -2.55. The smallest absolute Gasteiger partial charge is 0.253 e. The van der Waals surface area contributed by atoms with Crippen molar-refractivity contribution in [3.8, 4) is 0 Å². The third-order valence-electron chi connectivity index (χ3n) is 5.73. The van der Waals surface area contributed by atoms with Crippen LogP contribution in [0.4, 0.5) is 13.2 Å². The first-order chi connectivity index (χ1) is 14.8. The Morgan fingerprint density at radius 2 is 1.68 bits per heavy atom. The molecule has 2 amide bonds. The van der Waals surface area contributed by atoms with Crippen molar-refractivity contribution in [2.75, 3.05) is 39.8 Å². The van der Waals surface area contributed by atoms with Crippen LogP contribution in [0.15, 0.2) is 42.5 Å². The second kappa shape index (κ2) is 9.96. The number of likely N-dealkylation sites (N-methyl/N-ethyl adjacent to an activating group) is 1. The van der Waals surface area contributed by atoms with Crippen molar-refractivity contribution in [1.82, 2.24) is 14.7 Å². The molecule has 8 heteroatoms. The first kappa shape index (κ1) is 22.8. The summed E-state index contributed by atoms with van der Waals surface area (Å²) in [4.78, 5) is 30.6. The zero-order chi connectivity index (χ0) is 22.5. The normalized spacial score (nSPS) is 16.0. The van der Waals surface area contributed by atoms with Gasteiger partial charge in [0.1, 0.15) is 5.82 Å².